The van der Waals surface area contributed by atoms with Gasteiger partial charge in [-0.3, -0.25) is 15.0 Å². The monoisotopic (exact) mass is 245 g/mol. The van der Waals surface area contributed by atoms with Crippen molar-refractivity contribution in [3.05, 3.63) is 44.7 Å². The Morgan fingerprint density at radius 3 is 2.39 bits per heavy atom. The summed E-state index contributed by atoms with van der Waals surface area (Å²) in [5, 5.41) is 5.62. The molecular weight excluding hydrogens is 226 g/mol. The van der Waals surface area contributed by atoms with E-state index in [2.05, 4.69) is 43.1 Å². The van der Waals surface area contributed by atoms with Crippen LogP contribution in [-0.2, 0) is 6.42 Å². The minimum absolute atomic E-state index is 0.0759. The van der Waals surface area contributed by atoms with Crippen LogP contribution < -0.4 is 11.3 Å². The molecule has 1 heterocycles. The van der Waals surface area contributed by atoms with Crippen molar-refractivity contribution in [3.63, 3.8) is 0 Å². The molecule has 0 spiro atoms. The quantitative estimate of drug-likeness (QED) is 0.771. The average Bonchev–Trinajstić information content (AvgIpc) is 2.67. The maximum Gasteiger partial charge on any atom is 0.267 e. The average molecular weight is 245 g/mol. The Bertz CT molecular complexity index is 622. The zero-order chi connectivity index (χ0) is 13.3. The van der Waals surface area contributed by atoms with Gasteiger partial charge >= 0.3 is 0 Å². The number of H-pyrrole nitrogens is 2. The van der Waals surface area contributed by atoms with Crippen molar-refractivity contribution >= 4 is 0 Å². The molecule has 0 amide bonds. The van der Waals surface area contributed by atoms with E-state index < -0.39 is 0 Å². The molecule has 96 valence electrons. The minimum atomic E-state index is -0.0759. The fourth-order valence-corrected chi connectivity index (χ4v) is 2.23. The third-order valence-electron chi connectivity index (χ3n) is 3.38. The Labute approximate surface area is 106 Å². The molecule has 0 atom stereocenters. The number of hydrogen-bond donors (Lipinski definition) is 3. The summed E-state index contributed by atoms with van der Waals surface area (Å²) in [5.74, 6) is 0. The molecule has 4 nitrogen and oxygen atoms in total. The number of nitrogens with two attached hydrogens (primary N) is 1. The van der Waals surface area contributed by atoms with Gasteiger partial charge in [-0.05, 0) is 56.5 Å². The lowest BCUT2D eigenvalue weighted by atomic mass is 9.96. The highest BCUT2D eigenvalue weighted by Gasteiger charge is 2.13. The van der Waals surface area contributed by atoms with Gasteiger partial charge in [0.15, 0.2) is 0 Å². The summed E-state index contributed by atoms with van der Waals surface area (Å²) in [6.07, 6.45) is 0.584. The van der Waals surface area contributed by atoms with Gasteiger partial charge in [-0.1, -0.05) is 6.07 Å². The second-order valence-electron chi connectivity index (χ2n) is 4.72. The Kier molecular flexibility index (Phi) is 3.39. The van der Waals surface area contributed by atoms with Crippen molar-refractivity contribution in [1.29, 1.82) is 0 Å². The first-order chi connectivity index (χ1) is 8.54. The van der Waals surface area contributed by atoms with Crippen LogP contribution >= 0.6 is 0 Å². The fourth-order valence-electron chi connectivity index (χ4n) is 2.23. The summed E-state index contributed by atoms with van der Waals surface area (Å²) in [5.41, 5.74) is 11.8. The number of hydrogen-bond acceptors (Lipinski definition) is 2. The molecule has 1 aromatic carbocycles. The van der Waals surface area contributed by atoms with Gasteiger partial charge in [0.2, 0.25) is 0 Å². The number of aromatic amines is 2. The predicted octanol–water partition coefficient (Wildman–Crippen LogP) is 1.80. The van der Waals surface area contributed by atoms with E-state index in [-0.39, 0.29) is 5.56 Å². The van der Waals surface area contributed by atoms with Gasteiger partial charge in [-0.25, -0.2) is 0 Å². The lowest BCUT2D eigenvalue weighted by Crippen LogP contribution is -2.12. The van der Waals surface area contributed by atoms with Crippen LogP contribution in [-0.4, -0.2) is 16.7 Å². The van der Waals surface area contributed by atoms with Crippen LogP contribution in [0.4, 0.5) is 0 Å². The highest BCUT2D eigenvalue weighted by Crippen LogP contribution is 2.26. The van der Waals surface area contributed by atoms with Crippen LogP contribution in [0, 0.1) is 20.8 Å². The topological polar surface area (TPSA) is 74.7 Å². The van der Waals surface area contributed by atoms with Crippen molar-refractivity contribution in [3.8, 4) is 11.3 Å². The number of aromatic nitrogens is 2. The summed E-state index contributed by atoms with van der Waals surface area (Å²) in [6.45, 7) is 6.69. The first-order valence-corrected chi connectivity index (χ1v) is 6.12. The molecule has 0 bridgehead atoms. The van der Waals surface area contributed by atoms with Gasteiger partial charge in [0.1, 0.15) is 0 Å². The summed E-state index contributed by atoms with van der Waals surface area (Å²) < 4.78 is 0. The first kappa shape index (κ1) is 12.6. The second kappa shape index (κ2) is 4.82. The number of benzene rings is 1. The summed E-state index contributed by atoms with van der Waals surface area (Å²) in [7, 11) is 0. The number of aryl methyl sites for hydroxylation is 3. The third-order valence-corrected chi connectivity index (χ3v) is 3.38. The van der Waals surface area contributed by atoms with Crippen LogP contribution in [0.5, 0.6) is 0 Å². The molecular formula is C14H19N3O. The number of nitrogens with one attached hydrogen (secondary N) is 2. The van der Waals surface area contributed by atoms with Crippen molar-refractivity contribution < 1.29 is 0 Å². The predicted molar refractivity (Wildman–Crippen MR) is 73.8 cm³/mol. The Morgan fingerprint density at radius 2 is 1.72 bits per heavy atom. The Balaban J connectivity index is 2.62. The number of rotatable bonds is 3. The maximum atomic E-state index is 11.7. The SMILES string of the molecule is Cc1cc(C)c(-c2[nH][nH]c(=O)c2CCN)cc1C. The van der Waals surface area contributed by atoms with Gasteiger partial charge in [0.25, 0.3) is 5.56 Å². The van der Waals surface area contributed by atoms with Gasteiger partial charge in [-0.2, -0.15) is 0 Å². The van der Waals surface area contributed by atoms with Gasteiger partial charge in [0.05, 0.1) is 5.69 Å². The lowest BCUT2D eigenvalue weighted by Gasteiger charge is -2.09. The van der Waals surface area contributed by atoms with Crippen molar-refractivity contribution in [1.82, 2.24) is 10.2 Å². The molecule has 0 fully saturated rings. The highest BCUT2D eigenvalue weighted by molar-refractivity contribution is 5.68. The van der Waals surface area contributed by atoms with E-state index in [4.69, 9.17) is 5.73 Å². The Morgan fingerprint density at radius 1 is 1.06 bits per heavy atom. The van der Waals surface area contributed by atoms with Crippen LogP contribution in [0.15, 0.2) is 16.9 Å². The van der Waals surface area contributed by atoms with Crippen LogP contribution in [0.2, 0.25) is 0 Å². The lowest BCUT2D eigenvalue weighted by molar-refractivity contribution is 0.960. The molecule has 0 radical (unpaired) electrons. The van der Waals surface area contributed by atoms with E-state index >= 15 is 0 Å². The van der Waals surface area contributed by atoms with Gasteiger partial charge < -0.3 is 5.73 Å². The molecule has 1 aromatic heterocycles. The van der Waals surface area contributed by atoms with Gasteiger partial charge in [0, 0.05) is 11.1 Å². The molecule has 18 heavy (non-hydrogen) atoms. The van der Waals surface area contributed by atoms with Crippen molar-refractivity contribution in [2.75, 3.05) is 6.54 Å². The smallest absolute Gasteiger partial charge is 0.267 e. The van der Waals surface area contributed by atoms with Gasteiger partial charge in [-0.15, -0.1) is 0 Å². The van der Waals surface area contributed by atoms with Crippen LogP contribution in [0.3, 0.4) is 0 Å². The fraction of sp³-hybridized carbons (Fsp3) is 0.357. The molecule has 4 heteroatoms. The highest BCUT2D eigenvalue weighted by atomic mass is 16.1. The first-order valence-electron chi connectivity index (χ1n) is 6.12. The maximum absolute atomic E-state index is 11.7. The largest absolute Gasteiger partial charge is 0.330 e. The second-order valence-corrected chi connectivity index (χ2v) is 4.72. The van der Waals surface area contributed by atoms with E-state index in [9.17, 15) is 4.79 Å². The van der Waals surface area contributed by atoms with Crippen molar-refractivity contribution in [2.45, 2.75) is 27.2 Å². The van der Waals surface area contributed by atoms with E-state index in [0.717, 1.165) is 22.4 Å². The summed E-state index contributed by atoms with van der Waals surface area (Å²) >= 11 is 0. The van der Waals surface area contributed by atoms with E-state index in [0.29, 0.717) is 13.0 Å². The standard InChI is InChI=1S/C14H19N3O/c1-8-6-10(3)12(7-9(8)2)13-11(4-5-15)14(18)17-16-13/h6-7H,4-5,15H2,1-3H3,(H2,16,17,18). The molecule has 2 rings (SSSR count). The summed E-state index contributed by atoms with van der Waals surface area (Å²) in [4.78, 5) is 11.7. The summed E-state index contributed by atoms with van der Waals surface area (Å²) in [6, 6.07) is 4.26. The molecule has 0 saturated carbocycles. The molecule has 0 unspecified atom stereocenters. The zero-order valence-electron chi connectivity index (χ0n) is 11.1. The molecule has 4 N–H and O–H groups in total. The molecule has 0 aliphatic carbocycles. The molecule has 2 aromatic rings. The molecule has 0 aliphatic rings. The van der Waals surface area contributed by atoms with E-state index in [1.54, 1.807) is 0 Å². The minimum Gasteiger partial charge on any atom is -0.330 e. The molecule has 0 aliphatic heterocycles. The Hall–Kier alpha value is -1.81. The normalized spacial score (nSPS) is 10.9. The van der Waals surface area contributed by atoms with Crippen LogP contribution in [0.25, 0.3) is 11.3 Å². The van der Waals surface area contributed by atoms with E-state index in [1.165, 1.54) is 11.1 Å². The van der Waals surface area contributed by atoms with Crippen LogP contribution in [0.1, 0.15) is 22.3 Å². The zero-order valence-corrected chi connectivity index (χ0v) is 11.1. The van der Waals surface area contributed by atoms with E-state index in [1.807, 2.05) is 0 Å². The van der Waals surface area contributed by atoms with Crippen molar-refractivity contribution in [2.24, 2.45) is 5.73 Å². The molecule has 0 saturated heterocycles. The third kappa shape index (κ3) is 2.11.